The molecule has 200 valence electrons. The van der Waals surface area contributed by atoms with E-state index < -0.39 is 58.7 Å². The van der Waals surface area contributed by atoms with Crippen LogP contribution in [-0.4, -0.2) is 81.0 Å². The van der Waals surface area contributed by atoms with Crippen molar-refractivity contribution >= 4 is 28.6 Å². The molecule has 1 heterocycles. The Morgan fingerprint density at radius 3 is 2.12 bits per heavy atom. The molecule has 1 saturated heterocycles. The van der Waals surface area contributed by atoms with Crippen LogP contribution in [0.1, 0.15) is 47.5 Å². The molecule has 34 heavy (non-hydrogen) atoms. The van der Waals surface area contributed by atoms with Crippen molar-refractivity contribution in [1.29, 1.82) is 0 Å². The van der Waals surface area contributed by atoms with E-state index in [1.165, 1.54) is 0 Å². The van der Waals surface area contributed by atoms with Gasteiger partial charge in [-0.05, 0) is 50.4 Å². The van der Waals surface area contributed by atoms with E-state index in [4.69, 9.17) is 27.8 Å². The Hall–Kier alpha value is -0.773. The van der Waals surface area contributed by atoms with Crippen LogP contribution in [0.25, 0.3) is 10.4 Å². The molecule has 0 spiro atoms. The molecule has 4 atom stereocenters. The van der Waals surface area contributed by atoms with E-state index in [1.807, 2.05) is 13.1 Å². The summed E-state index contributed by atoms with van der Waals surface area (Å²) in [6.45, 7) is 13.4. The monoisotopic (exact) mass is 545 g/mol. The second kappa shape index (κ2) is 11.5. The van der Waals surface area contributed by atoms with E-state index in [1.54, 1.807) is 13.8 Å². The van der Waals surface area contributed by atoms with E-state index in [-0.39, 0.29) is 31.1 Å². The Morgan fingerprint density at radius 1 is 1.09 bits per heavy atom. The summed E-state index contributed by atoms with van der Waals surface area (Å²) in [6.07, 6.45) is -0.494. The van der Waals surface area contributed by atoms with Crippen molar-refractivity contribution in [3.63, 3.8) is 0 Å². The van der Waals surface area contributed by atoms with Crippen LogP contribution >= 0.6 is 0 Å². The van der Waals surface area contributed by atoms with Gasteiger partial charge < -0.3 is 13.9 Å². The van der Waals surface area contributed by atoms with E-state index in [2.05, 4.69) is 30.8 Å². The molecule has 0 bridgehead atoms. The summed E-state index contributed by atoms with van der Waals surface area (Å²) in [7, 11) is -9.76. The summed E-state index contributed by atoms with van der Waals surface area (Å²) in [5.41, 5.74) is 9.11. The first-order valence-corrected chi connectivity index (χ1v) is 17.5. The third kappa shape index (κ3) is 10.5. The molecule has 0 aromatic rings. The molecular formula is C19H39N3O9S2Si. The summed E-state index contributed by atoms with van der Waals surface area (Å²) in [6, 6.07) is -0.793. The zero-order chi connectivity index (χ0) is 26.6. The largest absolute Gasteiger partial charge is 0.414 e. The molecule has 0 aromatic carbocycles. The van der Waals surface area contributed by atoms with Gasteiger partial charge in [0.05, 0.1) is 37.9 Å². The molecule has 1 aliphatic rings. The topological polar surface area (TPSA) is 163 Å². The molecule has 0 aromatic heterocycles. The number of ether oxygens (including phenoxy) is 2. The Kier molecular flexibility index (Phi) is 10.6. The van der Waals surface area contributed by atoms with Crippen LogP contribution in [0.2, 0.25) is 18.1 Å². The summed E-state index contributed by atoms with van der Waals surface area (Å²) in [5.74, 6) is -1.11. The van der Waals surface area contributed by atoms with E-state index >= 15 is 0 Å². The highest BCUT2D eigenvalue weighted by Crippen LogP contribution is 2.39. The Morgan fingerprint density at radius 2 is 1.65 bits per heavy atom. The van der Waals surface area contributed by atoms with Gasteiger partial charge in [-0.25, -0.2) is 0 Å². The maximum Gasteiger partial charge on any atom is 0.264 e. The first-order valence-electron chi connectivity index (χ1n) is 10.9. The van der Waals surface area contributed by atoms with Crippen LogP contribution in [0.3, 0.4) is 0 Å². The van der Waals surface area contributed by atoms with Crippen LogP contribution in [-0.2, 0) is 42.5 Å². The number of nitrogens with zero attached hydrogens (tertiary/aromatic N) is 3. The van der Waals surface area contributed by atoms with Crippen molar-refractivity contribution in [3.05, 3.63) is 10.4 Å². The first kappa shape index (κ1) is 31.3. The van der Waals surface area contributed by atoms with Crippen molar-refractivity contribution < 1.29 is 39.1 Å². The van der Waals surface area contributed by atoms with Gasteiger partial charge in [-0.2, -0.15) is 16.8 Å². The summed E-state index contributed by atoms with van der Waals surface area (Å²) < 4.78 is 74.9. The minimum absolute atomic E-state index is 0.0651. The van der Waals surface area contributed by atoms with Crippen molar-refractivity contribution in [2.24, 2.45) is 5.11 Å². The second-order valence-electron chi connectivity index (χ2n) is 10.4. The van der Waals surface area contributed by atoms with Crippen molar-refractivity contribution in [3.8, 4) is 0 Å². The average molecular weight is 546 g/mol. The maximum atomic E-state index is 12.1. The number of hydrogen-bond donors (Lipinski definition) is 0. The zero-order valence-corrected chi connectivity index (χ0v) is 24.1. The molecule has 0 N–H and O–H groups in total. The van der Waals surface area contributed by atoms with Gasteiger partial charge in [0.1, 0.15) is 12.2 Å². The van der Waals surface area contributed by atoms with Gasteiger partial charge in [-0.15, -0.1) is 0 Å². The van der Waals surface area contributed by atoms with Crippen LogP contribution in [0.5, 0.6) is 0 Å². The molecular weight excluding hydrogens is 506 g/mol. The second-order valence-corrected chi connectivity index (χ2v) is 18.5. The van der Waals surface area contributed by atoms with Gasteiger partial charge in [0.25, 0.3) is 20.2 Å². The lowest BCUT2D eigenvalue weighted by molar-refractivity contribution is -0.156. The van der Waals surface area contributed by atoms with E-state index in [0.717, 1.165) is 12.5 Å². The van der Waals surface area contributed by atoms with Crippen molar-refractivity contribution in [2.75, 3.05) is 25.7 Å². The fourth-order valence-electron chi connectivity index (χ4n) is 3.17. The lowest BCUT2D eigenvalue weighted by Gasteiger charge is -2.38. The van der Waals surface area contributed by atoms with Gasteiger partial charge >= 0.3 is 0 Å². The predicted molar refractivity (Wildman–Crippen MR) is 130 cm³/mol. The molecule has 1 rings (SSSR count). The fraction of sp³-hybridized carbons (Fsp3) is 1.00. The van der Waals surface area contributed by atoms with Crippen molar-refractivity contribution in [2.45, 2.75) is 95.7 Å². The Balaban J connectivity index is 3.20. The van der Waals surface area contributed by atoms with Gasteiger partial charge in [0.15, 0.2) is 14.1 Å². The van der Waals surface area contributed by atoms with Crippen molar-refractivity contribution in [1.82, 2.24) is 0 Å². The molecule has 0 radical (unpaired) electrons. The highest BCUT2D eigenvalue weighted by molar-refractivity contribution is 7.86. The highest BCUT2D eigenvalue weighted by Gasteiger charge is 2.50. The van der Waals surface area contributed by atoms with Gasteiger partial charge in [-0.3, -0.25) is 8.37 Å². The van der Waals surface area contributed by atoms with Crippen LogP contribution in [0.4, 0.5) is 0 Å². The third-order valence-electron chi connectivity index (χ3n) is 5.76. The first-order chi connectivity index (χ1) is 15.2. The standard InChI is InChI=1S/C19H39N3O9S2Si/c1-18(2,3)34(8,9)28-13-15(31-33(7,25)26)17-16(29-19(4,5)30-17)14(21-22-20)11-10-12-27-32(6,23)24/h14-17H,10-13H2,1-9H3/t14-,15-,16+,17-/m1/s1. The van der Waals surface area contributed by atoms with Crippen LogP contribution < -0.4 is 0 Å². The molecule has 0 amide bonds. The lowest BCUT2D eigenvalue weighted by Crippen LogP contribution is -2.49. The summed E-state index contributed by atoms with van der Waals surface area (Å²) in [5, 5.41) is 3.69. The molecule has 0 unspecified atom stereocenters. The molecule has 12 nitrogen and oxygen atoms in total. The van der Waals surface area contributed by atoms with E-state index in [0.29, 0.717) is 0 Å². The number of azide groups is 1. The number of rotatable bonds is 13. The van der Waals surface area contributed by atoms with Crippen LogP contribution in [0.15, 0.2) is 5.11 Å². The minimum Gasteiger partial charge on any atom is -0.414 e. The molecule has 0 saturated carbocycles. The molecule has 1 fully saturated rings. The molecule has 0 aliphatic carbocycles. The van der Waals surface area contributed by atoms with E-state index in [9.17, 15) is 16.8 Å². The summed E-state index contributed by atoms with van der Waals surface area (Å²) in [4.78, 5) is 2.89. The number of hydrogen-bond acceptors (Lipinski definition) is 10. The predicted octanol–water partition coefficient (Wildman–Crippen LogP) is 3.31. The average Bonchev–Trinajstić information content (AvgIpc) is 2.94. The Labute approximate surface area is 204 Å². The third-order valence-corrected chi connectivity index (χ3v) is 11.5. The molecule has 1 aliphatic heterocycles. The summed E-state index contributed by atoms with van der Waals surface area (Å²) >= 11 is 0. The maximum absolute atomic E-state index is 12.1. The van der Waals surface area contributed by atoms with Gasteiger partial charge in [0, 0.05) is 4.91 Å². The van der Waals surface area contributed by atoms with Crippen LogP contribution in [0, 0.1) is 0 Å². The SMILES string of the molecule is CC1(C)O[C@@H]([C@@H](CCCOS(C)(=O)=O)N=[N+]=[N-])[C@@H]([C@@H](CO[Si](C)(C)C(C)(C)C)OS(C)(=O)=O)O1. The quantitative estimate of drug-likeness (QED) is 0.0843. The fourth-order valence-corrected chi connectivity index (χ4v) is 5.22. The lowest BCUT2D eigenvalue weighted by atomic mass is 9.98. The normalized spacial score (nSPS) is 23.3. The zero-order valence-electron chi connectivity index (χ0n) is 21.5. The Bertz CT molecular complexity index is 943. The molecule has 15 heteroatoms. The smallest absolute Gasteiger partial charge is 0.264 e. The van der Waals surface area contributed by atoms with Gasteiger partial charge in [-0.1, -0.05) is 25.9 Å². The highest BCUT2D eigenvalue weighted by atomic mass is 32.2. The minimum atomic E-state index is -3.89. The van der Waals surface area contributed by atoms with Gasteiger partial charge in [0.2, 0.25) is 0 Å².